The third-order valence-corrected chi connectivity index (χ3v) is 9.49. The number of carboxylic acid groups (broad SMARTS) is 1. The van der Waals surface area contributed by atoms with Crippen LogP contribution >= 0.6 is 0 Å². The van der Waals surface area contributed by atoms with E-state index in [0.717, 1.165) is 50.7 Å². The maximum Gasteiger partial charge on any atom is 0.325 e. The van der Waals surface area contributed by atoms with Crippen molar-refractivity contribution < 1.29 is 24.6 Å². The van der Waals surface area contributed by atoms with Crippen molar-refractivity contribution in [2.24, 2.45) is 33.7 Å². The maximum atomic E-state index is 11.8. The van der Waals surface area contributed by atoms with E-state index < -0.39 is 23.5 Å². The molecule has 0 aromatic carbocycles. The molecule has 0 saturated heterocycles. The quantitative estimate of drug-likeness (QED) is 0.435. The molecule has 0 bridgehead atoms. The summed E-state index contributed by atoms with van der Waals surface area (Å²) in [7, 11) is 0. The summed E-state index contributed by atoms with van der Waals surface area (Å²) < 4.78 is 0. The smallest absolute Gasteiger partial charge is 0.325 e. The molecule has 7 nitrogen and oxygen atoms in total. The third kappa shape index (κ3) is 3.86. The highest BCUT2D eigenvalue weighted by molar-refractivity contribution is 5.96. The van der Waals surface area contributed by atoms with Gasteiger partial charge in [-0.3, -0.25) is 9.59 Å². The van der Waals surface area contributed by atoms with Crippen LogP contribution in [0.3, 0.4) is 0 Å². The zero-order chi connectivity index (χ0) is 24.0. The van der Waals surface area contributed by atoms with Gasteiger partial charge in [0, 0.05) is 5.41 Å². The third-order valence-electron chi connectivity index (χ3n) is 9.49. The van der Waals surface area contributed by atoms with Crippen molar-refractivity contribution in [2.45, 2.75) is 83.8 Å². The lowest BCUT2D eigenvalue weighted by Crippen LogP contribution is -2.54. The normalized spacial score (nSPS) is 41.6. The number of fused-ring (bicyclic) bond motifs is 5. The highest BCUT2D eigenvalue weighted by Gasteiger charge is 2.63. The fourth-order valence-corrected chi connectivity index (χ4v) is 7.41. The Balaban J connectivity index is 1.43. The van der Waals surface area contributed by atoms with Gasteiger partial charge >= 0.3 is 5.97 Å². The van der Waals surface area contributed by atoms with Crippen LogP contribution in [0, 0.1) is 40.9 Å². The maximum absolute atomic E-state index is 11.8. The topological polar surface area (TPSA) is 108 Å². The Labute approximate surface area is 196 Å². The molecule has 33 heavy (non-hydrogen) atoms. The summed E-state index contributed by atoms with van der Waals surface area (Å²) in [5.41, 5.74) is 1.21. The fraction of sp³-hybridized carbons (Fsp3) is 0.731. The van der Waals surface area contributed by atoms with Gasteiger partial charge in [-0.1, -0.05) is 30.5 Å². The van der Waals surface area contributed by atoms with Crippen molar-refractivity contribution in [3.8, 4) is 12.3 Å². The number of aliphatic carboxylic acids is 1. The molecule has 0 aromatic heterocycles. The van der Waals surface area contributed by atoms with Crippen LogP contribution in [0.5, 0.6) is 0 Å². The monoisotopic (exact) mass is 456 g/mol. The van der Waals surface area contributed by atoms with E-state index in [1.54, 1.807) is 0 Å². The number of carboxylic acids is 1. The number of oxime groups is 1. The molecule has 3 fully saturated rings. The summed E-state index contributed by atoms with van der Waals surface area (Å²) in [5.74, 6) is 2.80. The van der Waals surface area contributed by atoms with Crippen molar-refractivity contribution in [3.63, 3.8) is 0 Å². The first kappa shape index (κ1) is 23.8. The van der Waals surface area contributed by atoms with Gasteiger partial charge in [-0.05, 0) is 87.5 Å². The second kappa shape index (κ2) is 8.47. The van der Waals surface area contributed by atoms with Crippen LogP contribution in [-0.4, -0.2) is 46.1 Å². The van der Waals surface area contributed by atoms with Crippen molar-refractivity contribution in [2.75, 3.05) is 6.61 Å². The van der Waals surface area contributed by atoms with Gasteiger partial charge in [0.2, 0.25) is 0 Å². The van der Waals surface area contributed by atoms with Crippen LogP contribution < -0.4 is 5.32 Å². The second-order valence-electron chi connectivity index (χ2n) is 11.0. The lowest BCUT2D eigenvalue weighted by Gasteiger charge is -2.58. The Kier molecular flexibility index (Phi) is 6.11. The number of terminal acetylenes is 1. The van der Waals surface area contributed by atoms with Crippen molar-refractivity contribution in [3.05, 3.63) is 11.6 Å². The van der Waals surface area contributed by atoms with E-state index in [2.05, 4.69) is 36.3 Å². The summed E-state index contributed by atoms with van der Waals surface area (Å²) in [6, 6.07) is -0.963. The number of aliphatic hydroxyl groups is 1. The van der Waals surface area contributed by atoms with Crippen LogP contribution in [0.2, 0.25) is 0 Å². The van der Waals surface area contributed by atoms with Gasteiger partial charge in [0.25, 0.3) is 5.91 Å². The standard InChI is InChI=1S/C26H36N2O5/c1-5-26(32)13-10-21-19-7-6-17-14-18(28-33-15-22(29)27-16(2)23(30)31)8-11-24(17,3)20(19)9-12-25(21,26)4/h1,14,16,19-21,32H,6-13,15H2,2-4H3,(H,27,29)(H,30,31)/b28-18-/t16-,19-,20+,21+,24+,25+,26-/m1/s1. The van der Waals surface area contributed by atoms with Gasteiger partial charge in [-0.2, -0.15) is 0 Å². The minimum Gasteiger partial charge on any atom is -0.480 e. The molecule has 7 heteroatoms. The van der Waals surface area contributed by atoms with E-state index in [-0.39, 0.29) is 17.4 Å². The Hall–Kier alpha value is -2.33. The number of hydrogen-bond donors (Lipinski definition) is 3. The van der Waals surface area contributed by atoms with Crippen LogP contribution in [0.15, 0.2) is 16.8 Å². The van der Waals surface area contributed by atoms with Gasteiger partial charge < -0.3 is 20.4 Å². The van der Waals surface area contributed by atoms with Crippen LogP contribution in [0.25, 0.3) is 0 Å². The molecule has 0 aliphatic heterocycles. The number of carbonyl (C=O) groups is 2. The summed E-state index contributed by atoms with van der Waals surface area (Å²) in [5, 5.41) is 26.5. The van der Waals surface area contributed by atoms with Gasteiger partial charge in [0.1, 0.15) is 11.6 Å². The molecule has 4 rings (SSSR count). The van der Waals surface area contributed by atoms with E-state index in [1.807, 2.05) is 0 Å². The summed E-state index contributed by atoms with van der Waals surface area (Å²) in [6.45, 7) is 5.70. The van der Waals surface area contributed by atoms with E-state index in [4.69, 9.17) is 16.4 Å². The zero-order valence-electron chi connectivity index (χ0n) is 19.9. The average Bonchev–Trinajstić information content (AvgIpc) is 3.05. The molecule has 180 valence electrons. The van der Waals surface area contributed by atoms with Gasteiger partial charge in [-0.25, -0.2) is 0 Å². The molecule has 3 saturated carbocycles. The predicted octanol–water partition coefficient (Wildman–Crippen LogP) is 3.28. The molecule has 4 aliphatic carbocycles. The van der Waals surface area contributed by atoms with Crippen LogP contribution in [0.4, 0.5) is 0 Å². The Morgan fingerprint density at radius 1 is 1.24 bits per heavy atom. The Bertz CT molecular complexity index is 935. The first-order valence-corrected chi connectivity index (χ1v) is 12.2. The minimum atomic E-state index is -1.09. The first-order valence-electron chi connectivity index (χ1n) is 12.2. The van der Waals surface area contributed by atoms with Crippen molar-refractivity contribution in [1.29, 1.82) is 0 Å². The van der Waals surface area contributed by atoms with Crippen LogP contribution in [-0.2, 0) is 14.4 Å². The number of nitrogens with one attached hydrogen (secondary N) is 1. The zero-order valence-corrected chi connectivity index (χ0v) is 19.9. The lowest BCUT2D eigenvalue weighted by atomic mass is 9.46. The number of amides is 1. The minimum absolute atomic E-state index is 0.119. The molecule has 1 amide bonds. The highest BCUT2D eigenvalue weighted by atomic mass is 16.6. The second-order valence-corrected chi connectivity index (χ2v) is 11.0. The molecule has 0 heterocycles. The SMILES string of the molecule is C#C[C@@]1(O)CC[C@H]2[C@@H]3CCC4=C/C(=N\OCC(=O)N[C@H](C)C(=O)O)CC[C@]4(C)[C@H]3CC[C@@]21C. The van der Waals surface area contributed by atoms with Gasteiger partial charge in [0.15, 0.2) is 6.61 Å². The Morgan fingerprint density at radius 3 is 2.67 bits per heavy atom. The largest absolute Gasteiger partial charge is 0.480 e. The molecule has 0 unspecified atom stereocenters. The summed E-state index contributed by atoms with van der Waals surface area (Å²) in [4.78, 5) is 27.9. The Morgan fingerprint density at radius 2 is 1.97 bits per heavy atom. The number of rotatable bonds is 5. The molecule has 3 N–H and O–H groups in total. The van der Waals surface area contributed by atoms with Crippen molar-refractivity contribution >= 4 is 17.6 Å². The molecule has 0 radical (unpaired) electrons. The van der Waals surface area contributed by atoms with Crippen molar-refractivity contribution in [1.82, 2.24) is 5.32 Å². The average molecular weight is 457 g/mol. The van der Waals surface area contributed by atoms with E-state index in [9.17, 15) is 14.7 Å². The molecular weight excluding hydrogens is 420 g/mol. The number of carbonyl (C=O) groups excluding carboxylic acids is 1. The molecule has 0 spiro atoms. The molecule has 0 aromatic rings. The van der Waals surface area contributed by atoms with Crippen LogP contribution in [0.1, 0.15) is 72.1 Å². The lowest BCUT2D eigenvalue weighted by molar-refractivity contribution is -0.142. The molecular formula is C26H36N2O5. The first-order chi connectivity index (χ1) is 15.5. The number of nitrogens with zero attached hydrogens (tertiary/aromatic N) is 1. The molecule has 7 atom stereocenters. The predicted molar refractivity (Wildman–Crippen MR) is 124 cm³/mol. The summed E-state index contributed by atoms with van der Waals surface area (Å²) in [6.07, 6.45) is 15.6. The van der Waals surface area contributed by atoms with E-state index in [0.29, 0.717) is 24.2 Å². The molecule has 4 aliphatic rings. The van der Waals surface area contributed by atoms with E-state index in [1.165, 1.54) is 12.5 Å². The number of allylic oxidation sites excluding steroid dienone is 2. The summed E-state index contributed by atoms with van der Waals surface area (Å²) >= 11 is 0. The van der Waals surface area contributed by atoms with Gasteiger partial charge in [-0.15, -0.1) is 6.42 Å². The van der Waals surface area contributed by atoms with Gasteiger partial charge in [0.05, 0.1) is 5.71 Å². The number of hydrogen-bond acceptors (Lipinski definition) is 5. The fourth-order valence-electron chi connectivity index (χ4n) is 7.41. The van der Waals surface area contributed by atoms with E-state index >= 15 is 0 Å². The highest BCUT2D eigenvalue weighted by Crippen LogP contribution is 2.67.